The van der Waals surface area contributed by atoms with Crippen molar-refractivity contribution in [3.05, 3.63) is 101 Å². The molecule has 0 radical (unpaired) electrons. The largest absolute Gasteiger partial charge is 0.427 e. The third kappa shape index (κ3) is 7.51. The predicted molar refractivity (Wildman–Crippen MR) is 169 cm³/mol. The van der Waals surface area contributed by atoms with Gasteiger partial charge < -0.3 is 20.3 Å². The second-order valence-corrected chi connectivity index (χ2v) is 12.9. The minimum atomic E-state index is -4.84. The number of fused-ring (bicyclic) bond motifs is 2. The summed E-state index contributed by atoms with van der Waals surface area (Å²) in [5.41, 5.74) is -0.0340. The van der Waals surface area contributed by atoms with Gasteiger partial charge >= 0.3 is 18.3 Å². The van der Waals surface area contributed by atoms with Crippen LogP contribution in [0, 0.1) is 5.82 Å². The molecule has 2 atom stereocenters. The van der Waals surface area contributed by atoms with Crippen molar-refractivity contribution in [1.82, 2.24) is 9.80 Å². The van der Waals surface area contributed by atoms with E-state index in [9.17, 15) is 45.2 Å². The first-order valence-corrected chi connectivity index (χ1v) is 16.2. The Hall–Kier alpha value is -5.45. The molecule has 1 saturated heterocycles. The van der Waals surface area contributed by atoms with Crippen LogP contribution in [0.1, 0.15) is 30.0 Å². The number of sulfonamides is 1. The zero-order chi connectivity index (χ0) is 35.7. The molecule has 1 fully saturated rings. The molecule has 0 unspecified atom stereocenters. The summed E-state index contributed by atoms with van der Waals surface area (Å²) < 4.78 is 85.8. The normalized spacial score (nSPS) is 17.7. The Balaban J connectivity index is 1.28. The van der Waals surface area contributed by atoms with E-state index in [1.54, 1.807) is 6.07 Å². The number of imide groups is 1. The van der Waals surface area contributed by atoms with Gasteiger partial charge in [0.2, 0.25) is 11.5 Å². The van der Waals surface area contributed by atoms with Gasteiger partial charge in [0.15, 0.2) is 0 Å². The van der Waals surface area contributed by atoms with Crippen molar-refractivity contribution in [2.45, 2.75) is 44.1 Å². The molecular weight excluding hydrogens is 674 g/mol. The Labute approximate surface area is 277 Å². The van der Waals surface area contributed by atoms with E-state index < -0.39 is 70.7 Å². The Morgan fingerprint density at radius 3 is 2.35 bits per heavy atom. The molecule has 1 heterocycles. The minimum Gasteiger partial charge on any atom is -0.427 e. The van der Waals surface area contributed by atoms with Crippen LogP contribution in [0.2, 0.25) is 0 Å². The molecule has 2 aliphatic rings. The summed E-state index contributed by atoms with van der Waals surface area (Å²) in [6.45, 7) is 2.40. The number of urea groups is 1. The van der Waals surface area contributed by atoms with Crippen molar-refractivity contribution in [3.63, 3.8) is 0 Å². The smallest absolute Gasteiger partial charge is 0.418 e. The maximum Gasteiger partial charge on any atom is 0.418 e. The van der Waals surface area contributed by atoms with Gasteiger partial charge in [-0.05, 0) is 66.9 Å². The van der Waals surface area contributed by atoms with Gasteiger partial charge in [0.05, 0.1) is 5.69 Å². The highest BCUT2D eigenvalue weighted by Gasteiger charge is 2.58. The minimum absolute atomic E-state index is 0.0150. The maximum absolute atomic E-state index is 13.7. The first-order chi connectivity index (χ1) is 23.0. The van der Waals surface area contributed by atoms with Crippen LogP contribution in [0.25, 0.3) is 0 Å². The van der Waals surface area contributed by atoms with Crippen molar-refractivity contribution in [1.29, 1.82) is 0 Å². The molecule has 12 nitrogen and oxygen atoms in total. The fraction of sp³-hybridized carbons (Fsp3) is 0.250. The van der Waals surface area contributed by atoms with E-state index in [4.69, 9.17) is 4.74 Å². The first-order valence-electron chi connectivity index (χ1n) is 14.6. The van der Waals surface area contributed by atoms with Gasteiger partial charge in [0, 0.05) is 35.3 Å². The number of hydrogen-bond donors (Lipinski definition) is 3. The lowest BCUT2D eigenvalue weighted by atomic mass is 9.94. The highest BCUT2D eigenvalue weighted by atomic mass is 32.2. The first kappa shape index (κ1) is 34.9. The molecule has 5 rings (SSSR count). The van der Waals surface area contributed by atoms with Gasteiger partial charge in [-0.3, -0.25) is 14.3 Å². The standard InChI is InChI=1S/C32H29F4N5O7S/c1-3-49(46,47)39-25-6-4-5-23(16-25)37-29(44)38-24-11-12-26-21(15-24)13-14-31(26)28(43)41(30(45)48-31)18-27(42)40(19(2)32(34,35)36)17-20-7-9-22(33)10-8-20/h3-12,15-16,19,39H,1,13-14,17-18H2,2H3,(H2,37,38,44)/t19-,31+/m0/s1. The molecule has 0 bridgehead atoms. The molecule has 3 aromatic rings. The molecule has 258 valence electrons. The van der Waals surface area contributed by atoms with E-state index in [1.165, 1.54) is 48.5 Å². The molecule has 17 heteroatoms. The Kier molecular flexibility index (Phi) is 9.41. The Morgan fingerprint density at radius 2 is 1.69 bits per heavy atom. The summed E-state index contributed by atoms with van der Waals surface area (Å²) in [5, 5.41) is 5.92. The van der Waals surface area contributed by atoms with Crippen LogP contribution in [-0.2, 0) is 42.9 Å². The molecule has 5 amide bonds. The number of nitrogens with zero attached hydrogens (tertiary/aromatic N) is 2. The van der Waals surface area contributed by atoms with Gasteiger partial charge in [-0.15, -0.1) is 0 Å². The fourth-order valence-corrected chi connectivity index (χ4v) is 6.06. The van der Waals surface area contributed by atoms with Crippen LogP contribution >= 0.6 is 0 Å². The van der Waals surface area contributed by atoms with Crippen LogP contribution in [0.3, 0.4) is 0 Å². The van der Waals surface area contributed by atoms with Gasteiger partial charge in [-0.1, -0.05) is 30.8 Å². The summed E-state index contributed by atoms with van der Waals surface area (Å²) in [4.78, 5) is 53.4. The summed E-state index contributed by atoms with van der Waals surface area (Å²) in [5.74, 6) is -2.72. The second kappa shape index (κ2) is 13.2. The van der Waals surface area contributed by atoms with Crippen LogP contribution in [-0.4, -0.2) is 60.9 Å². The number of carbonyl (C=O) groups excluding carboxylic acids is 4. The predicted octanol–water partition coefficient (Wildman–Crippen LogP) is 5.45. The molecule has 49 heavy (non-hydrogen) atoms. The molecule has 1 aliphatic heterocycles. The average molecular weight is 704 g/mol. The van der Waals surface area contributed by atoms with Crippen molar-refractivity contribution in [2.75, 3.05) is 21.9 Å². The zero-order valence-corrected chi connectivity index (χ0v) is 26.5. The highest BCUT2D eigenvalue weighted by molar-refractivity contribution is 7.95. The third-order valence-corrected chi connectivity index (χ3v) is 9.00. The number of alkyl halides is 3. The lowest BCUT2D eigenvalue weighted by Crippen LogP contribution is -2.51. The number of rotatable bonds is 10. The number of halogens is 4. The van der Waals surface area contributed by atoms with Crippen molar-refractivity contribution in [2.24, 2.45) is 0 Å². The molecule has 0 saturated carbocycles. The summed E-state index contributed by atoms with van der Waals surface area (Å²) in [6.07, 6.45) is -5.83. The molecule has 1 aliphatic carbocycles. The van der Waals surface area contributed by atoms with Gasteiger partial charge in [0.25, 0.3) is 15.9 Å². The van der Waals surface area contributed by atoms with E-state index in [-0.39, 0.29) is 29.8 Å². The van der Waals surface area contributed by atoms with Crippen LogP contribution < -0.4 is 15.4 Å². The molecule has 3 aromatic carbocycles. The van der Waals surface area contributed by atoms with Gasteiger partial charge in [0.1, 0.15) is 18.4 Å². The summed E-state index contributed by atoms with van der Waals surface area (Å²) in [6, 6.07) is 11.9. The van der Waals surface area contributed by atoms with Gasteiger partial charge in [-0.25, -0.2) is 27.3 Å². The van der Waals surface area contributed by atoms with Crippen molar-refractivity contribution >= 4 is 51.0 Å². The number of nitrogens with one attached hydrogen (secondary N) is 3. The second-order valence-electron chi connectivity index (χ2n) is 11.3. The molecule has 1 spiro atoms. The molecular formula is C32H29F4N5O7S. The van der Waals surface area contributed by atoms with Crippen LogP contribution in [0.5, 0.6) is 0 Å². The number of ether oxygens (including phenoxy) is 1. The SMILES string of the molecule is C=CS(=O)(=O)Nc1cccc(NC(=O)Nc2ccc3c(c2)CC[C@@]32OC(=O)N(CC(=O)N(Cc3ccc(F)cc3)[C@@H](C)C(F)(F)F)C2=O)c1. The highest BCUT2D eigenvalue weighted by Crippen LogP contribution is 2.46. The number of anilines is 3. The van der Waals surface area contributed by atoms with Gasteiger partial charge in [-0.2, -0.15) is 13.2 Å². The van der Waals surface area contributed by atoms with E-state index in [0.29, 0.717) is 26.6 Å². The number of benzene rings is 3. The third-order valence-electron chi connectivity index (χ3n) is 8.04. The molecule has 3 N–H and O–H groups in total. The zero-order valence-electron chi connectivity index (χ0n) is 25.7. The summed E-state index contributed by atoms with van der Waals surface area (Å²) in [7, 11) is -3.77. The lowest BCUT2D eigenvalue weighted by molar-refractivity contribution is -0.187. The fourth-order valence-electron chi connectivity index (χ4n) is 5.52. The van der Waals surface area contributed by atoms with E-state index in [1.807, 2.05) is 0 Å². The lowest BCUT2D eigenvalue weighted by Gasteiger charge is -2.31. The monoisotopic (exact) mass is 703 g/mol. The Morgan fingerprint density at radius 1 is 1.04 bits per heavy atom. The quantitative estimate of drug-likeness (QED) is 0.237. The Bertz CT molecular complexity index is 1940. The summed E-state index contributed by atoms with van der Waals surface area (Å²) >= 11 is 0. The molecule has 0 aromatic heterocycles. The number of aryl methyl sites for hydroxylation is 1. The maximum atomic E-state index is 13.7. The van der Waals surface area contributed by atoms with E-state index in [2.05, 4.69) is 21.9 Å². The van der Waals surface area contributed by atoms with Crippen LogP contribution in [0.4, 0.5) is 44.2 Å². The van der Waals surface area contributed by atoms with E-state index >= 15 is 0 Å². The topological polar surface area (TPSA) is 154 Å². The number of amides is 5. The number of hydrogen-bond acceptors (Lipinski definition) is 7. The average Bonchev–Trinajstić information content (AvgIpc) is 3.51. The van der Waals surface area contributed by atoms with Crippen LogP contribution in [0.15, 0.2) is 78.7 Å². The number of carbonyl (C=O) groups is 4. The van der Waals surface area contributed by atoms with Crippen molar-refractivity contribution in [3.8, 4) is 0 Å². The van der Waals surface area contributed by atoms with E-state index in [0.717, 1.165) is 24.5 Å². The van der Waals surface area contributed by atoms with Crippen molar-refractivity contribution < 1.29 is 49.9 Å².